The molecule has 1 aromatic rings. The molecule has 1 rings (SSSR count). The lowest BCUT2D eigenvalue weighted by Gasteiger charge is -2.24. The van der Waals surface area contributed by atoms with E-state index in [4.69, 9.17) is 19.1 Å². The van der Waals surface area contributed by atoms with Gasteiger partial charge in [0.25, 0.3) is 0 Å². The third-order valence-electron chi connectivity index (χ3n) is 4.62. The van der Waals surface area contributed by atoms with Gasteiger partial charge in [-0.3, -0.25) is 28.8 Å². The Kier molecular flexibility index (Phi) is 12.5. The maximum Gasteiger partial charge on any atom is 0.412 e. The van der Waals surface area contributed by atoms with Crippen molar-refractivity contribution in [3.63, 3.8) is 0 Å². The van der Waals surface area contributed by atoms with Gasteiger partial charge in [-0.05, 0) is 38.0 Å². The van der Waals surface area contributed by atoms with E-state index in [2.05, 4.69) is 26.6 Å². The van der Waals surface area contributed by atoms with Crippen molar-refractivity contribution in [3.05, 3.63) is 34.3 Å². The summed E-state index contributed by atoms with van der Waals surface area (Å²) in [5.41, 5.74) is 0.668. The maximum absolute atomic E-state index is 12.8. The van der Waals surface area contributed by atoms with Crippen LogP contribution in [0.1, 0.15) is 40.2 Å². The van der Waals surface area contributed by atoms with Crippen molar-refractivity contribution in [2.24, 2.45) is 11.8 Å². The van der Waals surface area contributed by atoms with E-state index < -0.39 is 68.1 Å². The van der Waals surface area contributed by atoms with Gasteiger partial charge in [0.1, 0.15) is 12.3 Å². The number of carboxylic acids is 1. The molecule has 0 saturated carbocycles. The molecule has 12 nitrogen and oxygen atoms in total. The van der Waals surface area contributed by atoms with Crippen molar-refractivity contribution in [1.29, 1.82) is 0 Å². The van der Waals surface area contributed by atoms with Gasteiger partial charge in [-0.15, -0.1) is 0 Å². The monoisotopic (exact) mass is 594 g/mol. The van der Waals surface area contributed by atoms with Gasteiger partial charge in [0.2, 0.25) is 12.2 Å². The van der Waals surface area contributed by atoms with E-state index in [-0.39, 0.29) is 6.42 Å². The summed E-state index contributed by atoms with van der Waals surface area (Å²) in [6, 6.07) is 5.67. The maximum atomic E-state index is 12.8. The summed E-state index contributed by atoms with van der Waals surface area (Å²) in [5.74, 6) is -4.13. The number of esters is 1. The molecule has 0 aliphatic carbocycles. The number of rotatable bonds is 13. The molecular weight excluding hydrogens is 563 g/mol. The van der Waals surface area contributed by atoms with Gasteiger partial charge in [0, 0.05) is 11.4 Å². The smallest absolute Gasteiger partial charge is 0.412 e. The van der Waals surface area contributed by atoms with Gasteiger partial charge in [0.15, 0.2) is 0 Å². The zero-order valence-corrected chi connectivity index (χ0v) is 23.1. The minimum absolute atomic E-state index is 0.0297. The highest BCUT2D eigenvalue weighted by Crippen LogP contribution is 2.45. The van der Waals surface area contributed by atoms with Gasteiger partial charge in [-0.25, -0.2) is 4.79 Å². The van der Waals surface area contributed by atoms with Crippen LogP contribution in [0.25, 0.3) is 0 Å². The number of amides is 2. The first-order chi connectivity index (χ1) is 16.6. The number of carbonyl (C=O) groups excluding carboxylic acids is 3. The van der Waals surface area contributed by atoms with Crippen LogP contribution in [0.4, 0.5) is 4.79 Å². The van der Waals surface area contributed by atoms with Crippen LogP contribution in [-0.4, -0.2) is 58.7 Å². The predicted molar refractivity (Wildman–Crippen MR) is 132 cm³/mol. The lowest BCUT2D eigenvalue weighted by Crippen LogP contribution is -2.43. The largest absolute Gasteiger partial charge is 0.480 e. The van der Waals surface area contributed by atoms with Crippen LogP contribution in [0, 0.1) is 11.8 Å². The molecule has 202 valence electrons. The molecule has 2 amide bonds. The highest BCUT2D eigenvalue weighted by Gasteiger charge is 2.33. The summed E-state index contributed by atoms with van der Waals surface area (Å²) < 4.78 is 28.4. The van der Waals surface area contributed by atoms with E-state index in [1.807, 2.05) is 0 Å². The number of halogens is 1. The molecule has 1 aromatic carbocycles. The molecular formula is C22H32BrN2O10P. The summed E-state index contributed by atoms with van der Waals surface area (Å²) in [6.07, 6.45) is -4.20. The standard InChI is InChI=1S/C22H32BrN2O10P/c1-12(2)21(29)33-15(5)34-22(30)25-14(4)35-36(31,32)11-17(19(26)24-13(3)20(27)28)10-16-6-8-18(23)9-7-16/h6-9,12-15,17H,10-11H2,1-5H3,(H,24,26)(H,25,30)(H,27,28)(H,31,32). The second kappa shape index (κ2) is 14.3. The number of hydrogen-bond acceptors (Lipinski definition) is 8. The highest BCUT2D eigenvalue weighted by atomic mass is 79.9. The minimum atomic E-state index is -4.47. The van der Waals surface area contributed by atoms with Gasteiger partial charge in [-0.2, -0.15) is 0 Å². The SMILES string of the molecule is CC(NC(=O)OC(C)OC(=O)C(C)C)OP(=O)(O)CC(Cc1ccc(Br)cc1)C(=O)NC(C)C(=O)O. The van der Waals surface area contributed by atoms with Crippen LogP contribution in [0.5, 0.6) is 0 Å². The summed E-state index contributed by atoms with van der Waals surface area (Å²) in [7, 11) is -4.47. The van der Waals surface area contributed by atoms with Crippen molar-refractivity contribution >= 4 is 47.5 Å². The lowest BCUT2D eigenvalue weighted by atomic mass is 10.00. The molecule has 0 saturated heterocycles. The van der Waals surface area contributed by atoms with Crippen LogP contribution >= 0.6 is 23.5 Å². The van der Waals surface area contributed by atoms with Gasteiger partial charge >= 0.3 is 25.6 Å². The van der Waals surface area contributed by atoms with Gasteiger partial charge in [-0.1, -0.05) is 41.9 Å². The Morgan fingerprint density at radius 3 is 2.11 bits per heavy atom. The Labute approximate surface area is 217 Å². The van der Waals surface area contributed by atoms with E-state index in [9.17, 15) is 28.6 Å². The number of benzene rings is 1. The fourth-order valence-corrected chi connectivity index (χ4v) is 4.56. The minimum Gasteiger partial charge on any atom is -0.480 e. The van der Waals surface area contributed by atoms with Crippen molar-refractivity contribution in [2.45, 2.75) is 59.6 Å². The molecule has 0 aliphatic rings. The number of carboxylic acid groups (broad SMARTS) is 1. The average molecular weight is 595 g/mol. The molecule has 14 heteroatoms. The van der Waals surface area contributed by atoms with E-state index in [1.54, 1.807) is 38.1 Å². The Bertz CT molecular complexity index is 972. The first-order valence-corrected chi connectivity index (χ1v) is 13.6. The third kappa shape index (κ3) is 12.0. The molecule has 0 spiro atoms. The number of ether oxygens (including phenoxy) is 2. The fourth-order valence-electron chi connectivity index (χ4n) is 2.81. The second-order valence-electron chi connectivity index (χ2n) is 8.37. The van der Waals surface area contributed by atoms with E-state index in [1.165, 1.54) is 20.8 Å². The Morgan fingerprint density at radius 1 is 1.00 bits per heavy atom. The highest BCUT2D eigenvalue weighted by molar-refractivity contribution is 9.10. The Morgan fingerprint density at radius 2 is 1.58 bits per heavy atom. The summed E-state index contributed by atoms with van der Waals surface area (Å²) in [6.45, 7) is 7.08. The van der Waals surface area contributed by atoms with E-state index >= 15 is 0 Å². The molecule has 5 unspecified atom stereocenters. The van der Waals surface area contributed by atoms with Crippen molar-refractivity contribution in [2.75, 3.05) is 6.16 Å². The van der Waals surface area contributed by atoms with Gasteiger partial charge < -0.3 is 24.8 Å². The normalized spacial score (nSPS) is 16.1. The zero-order valence-electron chi connectivity index (χ0n) is 20.6. The van der Waals surface area contributed by atoms with Crippen molar-refractivity contribution in [1.82, 2.24) is 10.6 Å². The third-order valence-corrected chi connectivity index (χ3v) is 6.69. The molecule has 0 fully saturated rings. The second-order valence-corrected chi connectivity index (χ2v) is 11.1. The van der Waals surface area contributed by atoms with E-state index in [0.29, 0.717) is 5.56 Å². The number of hydrogen-bond donors (Lipinski definition) is 4. The van der Waals surface area contributed by atoms with Crippen LogP contribution in [0.15, 0.2) is 28.7 Å². The molecule has 5 atom stereocenters. The summed E-state index contributed by atoms with van der Waals surface area (Å²) >= 11 is 3.30. The molecule has 0 radical (unpaired) electrons. The Balaban J connectivity index is 2.82. The van der Waals surface area contributed by atoms with Crippen LogP contribution in [0.3, 0.4) is 0 Å². The van der Waals surface area contributed by atoms with E-state index in [0.717, 1.165) is 4.47 Å². The van der Waals surface area contributed by atoms with Crippen LogP contribution in [-0.2, 0) is 39.4 Å². The molecule has 0 aliphatic heterocycles. The van der Waals surface area contributed by atoms with Crippen molar-refractivity contribution in [3.8, 4) is 0 Å². The number of carbonyl (C=O) groups is 4. The Hall–Kier alpha value is -2.47. The zero-order chi connectivity index (χ0) is 27.6. The first kappa shape index (κ1) is 31.6. The van der Waals surface area contributed by atoms with Crippen molar-refractivity contribution < 1.29 is 47.7 Å². The predicted octanol–water partition coefficient (Wildman–Crippen LogP) is 3.02. The first-order valence-electron chi connectivity index (χ1n) is 11.0. The van der Waals surface area contributed by atoms with Crippen LogP contribution in [0.2, 0.25) is 0 Å². The molecule has 0 bridgehead atoms. The number of nitrogens with one attached hydrogen (secondary N) is 2. The summed E-state index contributed by atoms with van der Waals surface area (Å²) in [4.78, 5) is 57.8. The topological polar surface area (TPSA) is 178 Å². The fraction of sp³-hybridized carbons (Fsp3) is 0.545. The summed E-state index contributed by atoms with van der Waals surface area (Å²) in [5, 5.41) is 13.6. The molecule has 36 heavy (non-hydrogen) atoms. The van der Waals surface area contributed by atoms with Gasteiger partial charge in [0.05, 0.1) is 18.0 Å². The van der Waals surface area contributed by atoms with Crippen LogP contribution < -0.4 is 10.6 Å². The number of alkyl carbamates (subject to hydrolysis) is 1. The quantitative estimate of drug-likeness (QED) is 0.151. The number of aliphatic carboxylic acids is 1. The molecule has 0 aromatic heterocycles. The molecule has 4 N–H and O–H groups in total. The average Bonchev–Trinajstić information content (AvgIpc) is 2.73. The molecule has 0 heterocycles. The lowest BCUT2D eigenvalue weighted by molar-refractivity contribution is -0.168.